The van der Waals surface area contributed by atoms with Crippen molar-refractivity contribution in [2.24, 2.45) is 5.73 Å². The van der Waals surface area contributed by atoms with Gasteiger partial charge in [-0.3, -0.25) is 4.79 Å². The molecule has 1 rings (SSSR count). The van der Waals surface area contributed by atoms with Crippen LogP contribution in [0.3, 0.4) is 0 Å². The fourth-order valence-corrected chi connectivity index (χ4v) is 2.41. The molecular formula is C13H27N3O. The normalized spacial score (nSPS) is 23.6. The average molecular weight is 241 g/mol. The first-order chi connectivity index (χ1) is 7.83. The van der Waals surface area contributed by atoms with E-state index in [9.17, 15) is 4.79 Å². The molecular weight excluding hydrogens is 214 g/mol. The number of hydrogen-bond acceptors (Lipinski definition) is 3. The Morgan fingerprint density at radius 1 is 1.41 bits per heavy atom. The topological polar surface area (TPSA) is 49.6 Å². The highest BCUT2D eigenvalue weighted by atomic mass is 16.2. The Hall–Kier alpha value is -0.610. The third-order valence-electron chi connectivity index (χ3n) is 3.30. The van der Waals surface area contributed by atoms with Gasteiger partial charge in [0, 0.05) is 31.1 Å². The van der Waals surface area contributed by atoms with Crippen molar-refractivity contribution in [3.63, 3.8) is 0 Å². The summed E-state index contributed by atoms with van der Waals surface area (Å²) in [5, 5.41) is 0. The Bertz CT molecular complexity index is 260. The molecule has 1 amide bonds. The average Bonchev–Trinajstić information content (AvgIpc) is 2.36. The van der Waals surface area contributed by atoms with Crippen molar-refractivity contribution in [1.29, 1.82) is 0 Å². The van der Waals surface area contributed by atoms with E-state index >= 15 is 0 Å². The highest BCUT2D eigenvalue weighted by molar-refractivity contribution is 5.77. The summed E-state index contributed by atoms with van der Waals surface area (Å²) in [7, 11) is 2.13. The van der Waals surface area contributed by atoms with Gasteiger partial charge in [-0.2, -0.15) is 0 Å². The van der Waals surface area contributed by atoms with Crippen molar-refractivity contribution in [2.45, 2.75) is 51.6 Å². The largest absolute Gasteiger partial charge is 0.338 e. The van der Waals surface area contributed by atoms with Crippen LogP contribution in [0.1, 0.15) is 40.0 Å². The van der Waals surface area contributed by atoms with Crippen molar-refractivity contribution >= 4 is 5.91 Å². The summed E-state index contributed by atoms with van der Waals surface area (Å²) in [6, 6.07) is 0.345. The number of likely N-dealkylation sites (N-methyl/N-ethyl adjacent to an activating group) is 1. The van der Waals surface area contributed by atoms with Crippen LogP contribution in [0.4, 0.5) is 0 Å². The van der Waals surface area contributed by atoms with Gasteiger partial charge in [-0.05, 0) is 40.3 Å². The third kappa shape index (κ3) is 4.64. The first-order valence-corrected chi connectivity index (χ1v) is 6.60. The van der Waals surface area contributed by atoms with Gasteiger partial charge in [-0.1, -0.05) is 6.92 Å². The minimum Gasteiger partial charge on any atom is -0.338 e. The van der Waals surface area contributed by atoms with E-state index in [0.29, 0.717) is 12.5 Å². The molecule has 1 atom stereocenters. The number of nitrogens with zero attached hydrogens (tertiary/aromatic N) is 2. The van der Waals surface area contributed by atoms with Gasteiger partial charge in [-0.15, -0.1) is 0 Å². The molecule has 0 aromatic carbocycles. The van der Waals surface area contributed by atoms with Gasteiger partial charge in [-0.25, -0.2) is 0 Å². The summed E-state index contributed by atoms with van der Waals surface area (Å²) >= 11 is 0. The maximum atomic E-state index is 12.3. The molecule has 1 aliphatic heterocycles. The fourth-order valence-electron chi connectivity index (χ4n) is 2.41. The standard InChI is InChI=1S/C13H27N3O/c1-5-11-10-15(4)7-6-8-16(11)12(17)9-13(2,3)14/h11H,5-10,14H2,1-4H3. The number of nitrogens with two attached hydrogens (primary N) is 1. The van der Waals surface area contributed by atoms with Crippen LogP contribution in [-0.2, 0) is 4.79 Å². The van der Waals surface area contributed by atoms with E-state index in [1.165, 1.54) is 0 Å². The lowest BCUT2D eigenvalue weighted by Gasteiger charge is -2.32. The van der Waals surface area contributed by atoms with E-state index < -0.39 is 5.54 Å². The Morgan fingerprint density at radius 3 is 2.59 bits per heavy atom. The lowest BCUT2D eigenvalue weighted by molar-refractivity contribution is -0.134. The summed E-state index contributed by atoms with van der Waals surface area (Å²) < 4.78 is 0. The predicted octanol–water partition coefficient (Wildman–Crippen LogP) is 1.06. The quantitative estimate of drug-likeness (QED) is 0.803. The van der Waals surface area contributed by atoms with E-state index in [0.717, 1.165) is 32.5 Å². The molecule has 1 unspecified atom stereocenters. The second kappa shape index (κ2) is 5.83. The van der Waals surface area contributed by atoms with Crippen molar-refractivity contribution in [3.8, 4) is 0 Å². The molecule has 0 saturated carbocycles. The molecule has 100 valence electrons. The monoisotopic (exact) mass is 241 g/mol. The van der Waals surface area contributed by atoms with Crippen LogP contribution in [0.15, 0.2) is 0 Å². The summed E-state index contributed by atoms with van der Waals surface area (Å²) in [4.78, 5) is 16.6. The fraction of sp³-hybridized carbons (Fsp3) is 0.923. The van der Waals surface area contributed by atoms with Crippen molar-refractivity contribution in [2.75, 3.05) is 26.7 Å². The maximum absolute atomic E-state index is 12.3. The first kappa shape index (κ1) is 14.5. The number of amides is 1. The molecule has 4 nitrogen and oxygen atoms in total. The van der Waals surface area contributed by atoms with E-state index in [1.807, 2.05) is 18.7 Å². The summed E-state index contributed by atoms with van der Waals surface area (Å²) in [5.41, 5.74) is 5.53. The van der Waals surface area contributed by atoms with Crippen LogP contribution in [0.2, 0.25) is 0 Å². The molecule has 2 N–H and O–H groups in total. The summed E-state index contributed by atoms with van der Waals surface area (Å²) in [5.74, 6) is 0.208. The van der Waals surface area contributed by atoms with Crippen LogP contribution in [0.5, 0.6) is 0 Å². The van der Waals surface area contributed by atoms with E-state index in [4.69, 9.17) is 5.73 Å². The van der Waals surface area contributed by atoms with Crippen LogP contribution in [0.25, 0.3) is 0 Å². The Balaban J connectivity index is 2.68. The second-order valence-electron chi connectivity index (χ2n) is 5.93. The zero-order valence-corrected chi connectivity index (χ0v) is 11.7. The molecule has 1 aliphatic rings. The highest BCUT2D eigenvalue weighted by Gasteiger charge is 2.28. The zero-order valence-electron chi connectivity index (χ0n) is 11.7. The molecule has 17 heavy (non-hydrogen) atoms. The molecule has 1 fully saturated rings. The van der Waals surface area contributed by atoms with Crippen molar-refractivity contribution in [1.82, 2.24) is 9.80 Å². The molecule has 0 bridgehead atoms. The number of rotatable bonds is 3. The van der Waals surface area contributed by atoms with Gasteiger partial charge in [0.2, 0.25) is 5.91 Å². The smallest absolute Gasteiger partial charge is 0.224 e. The molecule has 0 spiro atoms. The number of carbonyl (C=O) groups excluding carboxylic acids is 1. The predicted molar refractivity (Wildman–Crippen MR) is 70.8 cm³/mol. The number of carbonyl (C=O) groups is 1. The molecule has 1 heterocycles. The SMILES string of the molecule is CCC1CN(C)CCCN1C(=O)CC(C)(C)N. The molecule has 0 aromatic heterocycles. The summed E-state index contributed by atoms with van der Waals surface area (Å²) in [6.45, 7) is 8.90. The molecule has 0 radical (unpaired) electrons. The van der Waals surface area contributed by atoms with Gasteiger partial charge in [0.05, 0.1) is 0 Å². The molecule has 1 saturated heterocycles. The van der Waals surface area contributed by atoms with E-state index in [1.54, 1.807) is 0 Å². The van der Waals surface area contributed by atoms with Crippen molar-refractivity contribution < 1.29 is 4.79 Å². The Labute approximate surface area is 105 Å². The van der Waals surface area contributed by atoms with Crippen LogP contribution >= 0.6 is 0 Å². The second-order valence-corrected chi connectivity index (χ2v) is 5.93. The lowest BCUT2D eigenvalue weighted by Crippen LogP contribution is -2.47. The maximum Gasteiger partial charge on any atom is 0.224 e. The highest BCUT2D eigenvalue weighted by Crippen LogP contribution is 2.16. The minimum atomic E-state index is -0.409. The minimum absolute atomic E-state index is 0.208. The molecule has 0 aromatic rings. The van der Waals surface area contributed by atoms with Gasteiger partial charge < -0.3 is 15.5 Å². The van der Waals surface area contributed by atoms with Crippen LogP contribution in [0, 0.1) is 0 Å². The lowest BCUT2D eigenvalue weighted by atomic mass is 10.0. The van der Waals surface area contributed by atoms with E-state index in [2.05, 4.69) is 18.9 Å². The van der Waals surface area contributed by atoms with Gasteiger partial charge in [0.15, 0.2) is 0 Å². The van der Waals surface area contributed by atoms with Crippen LogP contribution < -0.4 is 5.73 Å². The van der Waals surface area contributed by atoms with Crippen LogP contribution in [-0.4, -0.2) is 54.0 Å². The van der Waals surface area contributed by atoms with Crippen molar-refractivity contribution in [3.05, 3.63) is 0 Å². The Morgan fingerprint density at radius 2 is 2.06 bits per heavy atom. The van der Waals surface area contributed by atoms with E-state index in [-0.39, 0.29) is 5.91 Å². The zero-order chi connectivity index (χ0) is 13.1. The third-order valence-corrected chi connectivity index (χ3v) is 3.30. The first-order valence-electron chi connectivity index (χ1n) is 6.60. The molecule has 0 aliphatic carbocycles. The number of hydrogen-bond donors (Lipinski definition) is 1. The van der Waals surface area contributed by atoms with Gasteiger partial charge in [0.1, 0.15) is 0 Å². The van der Waals surface area contributed by atoms with Gasteiger partial charge in [0.25, 0.3) is 0 Å². The summed E-state index contributed by atoms with van der Waals surface area (Å²) in [6.07, 6.45) is 2.51. The molecule has 4 heteroatoms. The van der Waals surface area contributed by atoms with Gasteiger partial charge >= 0.3 is 0 Å². The Kier molecular flexibility index (Phi) is 4.95.